The number of nitrogens with one attached hydrogen (secondary N) is 2. The van der Waals surface area contributed by atoms with Gasteiger partial charge in [-0.3, -0.25) is 9.00 Å². The van der Waals surface area contributed by atoms with Crippen LogP contribution in [0.1, 0.15) is 17.4 Å². The SMILES string of the molecule is CCS(=O)CCNC(=O)c1cc2cccc(N)c2[nH]1. The number of benzene rings is 1. The molecule has 5 nitrogen and oxygen atoms in total. The average Bonchev–Trinajstić information content (AvgIpc) is 2.84. The topological polar surface area (TPSA) is 88.0 Å². The van der Waals surface area contributed by atoms with E-state index in [0.717, 1.165) is 10.9 Å². The van der Waals surface area contributed by atoms with Crippen LogP contribution in [-0.4, -0.2) is 33.2 Å². The molecule has 0 radical (unpaired) electrons. The van der Waals surface area contributed by atoms with Crippen molar-refractivity contribution in [3.63, 3.8) is 0 Å². The highest BCUT2D eigenvalue weighted by molar-refractivity contribution is 7.84. The van der Waals surface area contributed by atoms with Crippen molar-refractivity contribution in [3.8, 4) is 0 Å². The predicted octanol–water partition coefficient (Wildman–Crippen LogP) is 1.25. The number of aromatic amines is 1. The fourth-order valence-corrected chi connectivity index (χ4v) is 2.44. The fraction of sp³-hybridized carbons (Fsp3) is 0.308. The molecule has 1 unspecified atom stereocenters. The van der Waals surface area contributed by atoms with E-state index in [4.69, 9.17) is 5.73 Å². The Kier molecular flexibility index (Phi) is 4.21. The Bertz CT molecular complexity index is 621. The molecule has 1 atom stereocenters. The van der Waals surface area contributed by atoms with E-state index >= 15 is 0 Å². The highest BCUT2D eigenvalue weighted by Crippen LogP contribution is 2.20. The van der Waals surface area contributed by atoms with Crippen LogP contribution < -0.4 is 11.1 Å². The monoisotopic (exact) mass is 279 g/mol. The first-order valence-corrected chi connectivity index (χ1v) is 7.61. The van der Waals surface area contributed by atoms with Crippen LogP contribution in [0.5, 0.6) is 0 Å². The normalized spacial score (nSPS) is 12.5. The minimum atomic E-state index is -0.863. The lowest BCUT2D eigenvalue weighted by atomic mass is 10.2. The number of H-pyrrole nitrogens is 1. The van der Waals surface area contributed by atoms with Gasteiger partial charge in [-0.15, -0.1) is 0 Å². The number of hydrogen-bond acceptors (Lipinski definition) is 3. The van der Waals surface area contributed by atoms with Gasteiger partial charge in [0.2, 0.25) is 0 Å². The smallest absolute Gasteiger partial charge is 0.267 e. The molecule has 0 saturated heterocycles. The average molecular weight is 279 g/mol. The van der Waals surface area contributed by atoms with Gasteiger partial charge in [-0.1, -0.05) is 19.1 Å². The number of carbonyl (C=O) groups excluding carboxylic acids is 1. The Labute approximate surface area is 114 Å². The number of fused-ring (bicyclic) bond motifs is 1. The number of anilines is 1. The molecular formula is C13H17N3O2S. The number of nitrogens with two attached hydrogens (primary N) is 1. The molecule has 4 N–H and O–H groups in total. The highest BCUT2D eigenvalue weighted by Gasteiger charge is 2.10. The molecule has 2 rings (SSSR count). The highest BCUT2D eigenvalue weighted by atomic mass is 32.2. The molecule has 1 heterocycles. The van der Waals surface area contributed by atoms with Crippen LogP contribution in [0.15, 0.2) is 24.3 Å². The third kappa shape index (κ3) is 3.14. The van der Waals surface area contributed by atoms with E-state index in [-0.39, 0.29) is 5.91 Å². The summed E-state index contributed by atoms with van der Waals surface area (Å²) < 4.78 is 11.3. The largest absolute Gasteiger partial charge is 0.397 e. The maximum absolute atomic E-state index is 11.9. The van der Waals surface area contributed by atoms with Crippen LogP contribution in [0, 0.1) is 0 Å². The lowest BCUT2D eigenvalue weighted by Crippen LogP contribution is -2.28. The van der Waals surface area contributed by atoms with Gasteiger partial charge < -0.3 is 16.0 Å². The van der Waals surface area contributed by atoms with Crippen molar-refractivity contribution >= 4 is 33.3 Å². The molecule has 0 bridgehead atoms. The Morgan fingerprint density at radius 1 is 1.47 bits per heavy atom. The first-order valence-electron chi connectivity index (χ1n) is 6.12. The van der Waals surface area contributed by atoms with Crippen LogP contribution >= 0.6 is 0 Å². The summed E-state index contributed by atoms with van der Waals surface area (Å²) in [5, 5.41) is 3.65. The second kappa shape index (κ2) is 5.88. The number of rotatable bonds is 5. The zero-order chi connectivity index (χ0) is 13.8. The van der Waals surface area contributed by atoms with Crippen LogP contribution in [0.3, 0.4) is 0 Å². The van der Waals surface area contributed by atoms with Crippen molar-refractivity contribution in [1.29, 1.82) is 0 Å². The minimum Gasteiger partial charge on any atom is -0.397 e. The van der Waals surface area contributed by atoms with Gasteiger partial charge in [0.1, 0.15) is 5.69 Å². The molecule has 1 aromatic heterocycles. The fourth-order valence-electron chi connectivity index (χ4n) is 1.82. The molecule has 0 spiro atoms. The molecule has 6 heteroatoms. The number of para-hydroxylation sites is 1. The van der Waals surface area contributed by atoms with Gasteiger partial charge in [0.25, 0.3) is 5.91 Å². The van der Waals surface area contributed by atoms with Crippen LogP contribution in [0.2, 0.25) is 0 Å². The number of amides is 1. The van der Waals surface area contributed by atoms with Gasteiger partial charge in [-0.05, 0) is 12.1 Å². The molecule has 0 aliphatic heterocycles. The maximum atomic E-state index is 11.9. The van der Waals surface area contributed by atoms with Gasteiger partial charge in [0, 0.05) is 34.2 Å². The van der Waals surface area contributed by atoms with E-state index in [1.54, 1.807) is 12.1 Å². The molecule has 1 amide bonds. The summed E-state index contributed by atoms with van der Waals surface area (Å²) in [6, 6.07) is 7.28. The quantitative estimate of drug-likeness (QED) is 0.720. The Hall–Kier alpha value is -1.82. The van der Waals surface area contributed by atoms with E-state index < -0.39 is 10.8 Å². The summed E-state index contributed by atoms with van der Waals surface area (Å²) in [4.78, 5) is 14.9. The molecule has 2 aromatic rings. The summed E-state index contributed by atoms with van der Waals surface area (Å²) in [5.74, 6) is 0.882. The zero-order valence-electron chi connectivity index (χ0n) is 10.7. The first kappa shape index (κ1) is 13.6. The molecule has 0 aliphatic rings. The third-order valence-corrected chi connectivity index (χ3v) is 4.17. The van der Waals surface area contributed by atoms with E-state index in [0.29, 0.717) is 29.4 Å². The number of nitrogen functional groups attached to an aromatic ring is 1. The van der Waals surface area contributed by atoms with Gasteiger partial charge in [0.05, 0.1) is 11.2 Å². The standard InChI is InChI=1S/C13H17N3O2S/c1-2-19(18)7-6-15-13(17)11-8-9-4-3-5-10(14)12(9)16-11/h3-5,8,16H,2,6-7,14H2,1H3,(H,15,17). The van der Waals surface area contributed by atoms with Crippen molar-refractivity contribution in [2.24, 2.45) is 0 Å². The Balaban J connectivity index is 2.05. The van der Waals surface area contributed by atoms with Gasteiger partial charge in [-0.25, -0.2) is 0 Å². The summed E-state index contributed by atoms with van der Waals surface area (Å²) in [6.07, 6.45) is 0. The van der Waals surface area contributed by atoms with Crippen LogP contribution in [0.4, 0.5) is 5.69 Å². The molecule has 0 saturated carbocycles. The van der Waals surface area contributed by atoms with Gasteiger partial charge in [-0.2, -0.15) is 0 Å². The van der Waals surface area contributed by atoms with E-state index in [2.05, 4.69) is 10.3 Å². The molecule has 102 valence electrons. The summed E-state index contributed by atoms with van der Waals surface area (Å²) in [7, 11) is -0.863. The van der Waals surface area contributed by atoms with Crippen molar-refractivity contribution in [2.45, 2.75) is 6.92 Å². The number of carbonyl (C=O) groups is 1. The molecule has 19 heavy (non-hydrogen) atoms. The van der Waals surface area contributed by atoms with Crippen molar-refractivity contribution in [2.75, 3.05) is 23.8 Å². The maximum Gasteiger partial charge on any atom is 0.267 e. The minimum absolute atomic E-state index is 0.205. The predicted molar refractivity (Wildman–Crippen MR) is 78.6 cm³/mol. The van der Waals surface area contributed by atoms with Gasteiger partial charge in [0.15, 0.2) is 0 Å². The number of aromatic nitrogens is 1. The van der Waals surface area contributed by atoms with E-state index in [1.165, 1.54) is 0 Å². The van der Waals surface area contributed by atoms with Crippen molar-refractivity contribution in [1.82, 2.24) is 10.3 Å². The second-order valence-electron chi connectivity index (χ2n) is 4.18. The zero-order valence-corrected chi connectivity index (χ0v) is 11.5. The number of hydrogen-bond donors (Lipinski definition) is 3. The van der Waals surface area contributed by atoms with Crippen LogP contribution in [0.25, 0.3) is 10.9 Å². The Morgan fingerprint density at radius 2 is 2.26 bits per heavy atom. The Morgan fingerprint density at radius 3 is 2.95 bits per heavy atom. The molecular weight excluding hydrogens is 262 g/mol. The lowest BCUT2D eigenvalue weighted by Gasteiger charge is -2.02. The summed E-state index contributed by atoms with van der Waals surface area (Å²) in [6.45, 7) is 2.27. The first-order chi connectivity index (χ1) is 9.11. The van der Waals surface area contributed by atoms with Crippen LogP contribution in [-0.2, 0) is 10.8 Å². The van der Waals surface area contributed by atoms with E-state index in [9.17, 15) is 9.00 Å². The molecule has 0 fully saturated rings. The summed E-state index contributed by atoms with van der Waals surface area (Å²) >= 11 is 0. The van der Waals surface area contributed by atoms with Crippen molar-refractivity contribution < 1.29 is 9.00 Å². The van der Waals surface area contributed by atoms with Gasteiger partial charge >= 0.3 is 0 Å². The summed E-state index contributed by atoms with van der Waals surface area (Å²) in [5.41, 5.74) is 7.67. The van der Waals surface area contributed by atoms with Crippen molar-refractivity contribution in [3.05, 3.63) is 30.0 Å². The lowest BCUT2D eigenvalue weighted by molar-refractivity contribution is 0.0952. The molecule has 0 aliphatic carbocycles. The second-order valence-corrected chi connectivity index (χ2v) is 6.05. The third-order valence-electron chi connectivity index (χ3n) is 2.87. The van der Waals surface area contributed by atoms with E-state index in [1.807, 2.05) is 19.1 Å². The molecule has 1 aromatic carbocycles.